The van der Waals surface area contributed by atoms with Gasteiger partial charge in [-0.25, -0.2) is 9.18 Å². The lowest BCUT2D eigenvalue weighted by atomic mass is 10.8. The molecule has 0 atom stereocenters. The minimum absolute atomic E-state index is 0.177. The van der Waals surface area contributed by atoms with Gasteiger partial charge in [-0.1, -0.05) is 0 Å². The Morgan fingerprint density at radius 2 is 2.50 bits per heavy atom. The maximum atomic E-state index is 10.9. The predicted molar refractivity (Wildman–Crippen MR) is 17.6 cm³/mol. The lowest BCUT2D eigenvalue weighted by Crippen LogP contribution is -1.90. The van der Waals surface area contributed by atoms with Crippen LogP contribution in [0.15, 0.2) is 0 Å². The van der Waals surface area contributed by atoms with Crippen LogP contribution in [0, 0.1) is 0 Å². The number of hydrogen-bond acceptors (Lipinski definition) is 2. The number of carbonyl (C=O) groups excluding carboxylic acids is 1. The molecule has 0 saturated heterocycles. The van der Waals surface area contributed by atoms with Crippen LogP contribution in [0.4, 0.5) is 4.39 Å². The van der Waals surface area contributed by atoms with Gasteiger partial charge in [-0.05, 0) is 0 Å². The van der Waals surface area contributed by atoms with E-state index in [4.69, 9.17) is 4.79 Å². The van der Waals surface area contributed by atoms with E-state index in [-0.39, 0.29) is 6.61 Å². The van der Waals surface area contributed by atoms with Crippen LogP contribution >= 0.6 is 0 Å². The molecule has 0 aliphatic rings. The molecule has 35 valence electrons. The molecule has 0 aromatic carbocycles. The topological polar surface area (TPSA) is 26.3 Å². The van der Waals surface area contributed by atoms with Gasteiger partial charge in [0, 0.05) is 0 Å². The Morgan fingerprint density at radius 3 is 2.67 bits per heavy atom. The van der Waals surface area contributed by atoms with Gasteiger partial charge in [-0.3, -0.25) is 0 Å². The fourth-order valence-corrected chi connectivity index (χ4v) is 0.0802. The zero-order chi connectivity index (χ0) is 4.83. The van der Waals surface area contributed by atoms with Crippen molar-refractivity contribution in [3.63, 3.8) is 0 Å². The lowest BCUT2D eigenvalue weighted by molar-refractivity contribution is 0.245. The molecular formula is C3H4FO2. The van der Waals surface area contributed by atoms with Gasteiger partial charge in [-0.15, -0.1) is 0 Å². The van der Waals surface area contributed by atoms with Crippen LogP contribution in [-0.4, -0.2) is 19.8 Å². The van der Waals surface area contributed by atoms with Crippen LogP contribution in [-0.2, 0) is 9.53 Å². The third-order valence-electron chi connectivity index (χ3n) is 0.238. The van der Waals surface area contributed by atoms with E-state index < -0.39 is 6.67 Å². The molecule has 0 aromatic heterocycles. The molecule has 0 heterocycles. The van der Waals surface area contributed by atoms with E-state index in [9.17, 15) is 4.39 Å². The van der Waals surface area contributed by atoms with Gasteiger partial charge in [0.25, 0.3) is 0 Å². The molecule has 2 nitrogen and oxygen atoms in total. The summed E-state index contributed by atoms with van der Waals surface area (Å²) in [5.41, 5.74) is 0. The van der Waals surface area contributed by atoms with Crippen molar-refractivity contribution in [2.24, 2.45) is 0 Å². The van der Waals surface area contributed by atoms with Crippen molar-refractivity contribution in [1.82, 2.24) is 0 Å². The van der Waals surface area contributed by atoms with E-state index in [1.54, 1.807) is 0 Å². The highest BCUT2D eigenvalue weighted by Crippen LogP contribution is 1.65. The molecular weight excluding hydrogens is 87.0 g/mol. The van der Waals surface area contributed by atoms with Crippen LogP contribution in [0.3, 0.4) is 0 Å². The highest BCUT2D eigenvalue weighted by Gasteiger charge is 1.77. The molecule has 3 heteroatoms. The minimum Gasteiger partial charge on any atom is -0.454 e. The first-order valence-corrected chi connectivity index (χ1v) is 1.46. The van der Waals surface area contributed by atoms with Crippen LogP contribution in [0.5, 0.6) is 0 Å². The first-order chi connectivity index (χ1) is 2.91. The van der Waals surface area contributed by atoms with Gasteiger partial charge in [0.15, 0.2) is 0 Å². The average Bonchev–Trinajstić information content (AvgIpc) is 1.61. The maximum absolute atomic E-state index is 10.9. The Morgan fingerprint density at radius 1 is 1.83 bits per heavy atom. The predicted octanol–water partition coefficient (Wildman–Crippen LogP) is 0.0397. The molecule has 0 spiro atoms. The first-order valence-electron chi connectivity index (χ1n) is 1.46. The van der Waals surface area contributed by atoms with Crippen molar-refractivity contribution >= 4 is 6.47 Å². The molecule has 0 aliphatic heterocycles. The van der Waals surface area contributed by atoms with E-state index in [1.165, 1.54) is 0 Å². The second-order valence-electron chi connectivity index (χ2n) is 0.621. The zero-order valence-corrected chi connectivity index (χ0v) is 3.11. The van der Waals surface area contributed by atoms with Gasteiger partial charge in [0.2, 0.25) is 0 Å². The quantitative estimate of drug-likeness (QED) is 0.458. The van der Waals surface area contributed by atoms with Crippen molar-refractivity contribution in [2.75, 3.05) is 13.3 Å². The van der Waals surface area contributed by atoms with Crippen LogP contribution in [0.25, 0.3) is 0 Å². The fourth-order valence-electron chi connectivity index (χ4n) is 0.0802. The Hall–Kier alpha value is -0.600. The first kappa shape index (κ1) is 5.40. The second-order valence-corrected chi connectivity index (χ2v) is 0.621. The Kier molecular flexibility index (Phi) is 3.96. The summed E-state index contributed by atoms with van der Waals surface area (Å²) in [6.45, 7) is 0.272. The third-order valence-corrected chi connectivity index (χ3v) is 0.238. The standard InChI is InChI=1S/C3H4FO2/c4-1-2-6-3-5/h1-2H2. The number of rotatable bonds is 3. The Bertz CT molecular complexity index is 37.8. The largest absolute Gasteiger partial charge is 0.454 e. The van der Waals surface area contributed by atoms with E-state index >= 15 is 0 Å². The molecule has 0 aromatic rings. The molecule has 0 saturated carbocycles. The minimum atomic E-state index is -0.630. The molecule has 0 rings (SSSR count). The number of ether oxygens (including phenoxy) is 1. The molecule has 1 radical (unpaired) electrons. The summed E-state index contributed by atoms with van der Waals surface area (Å²) in [7, 11) is 0. The van der Waals surface area contributed by atoms with Gasteiger partial charge in [-0.2, -0.15) is 0 Å². The van der Waals surface area contributed by atoms with E-state index in [0.29, 0.717) is 0 Å². The summed E-state index contributed by atoms with van der Waals surface area (Å²) in [4.78, 5) is 9.05. The molecule has 0 bridgehead atoms. The number of alkyl halides is 1. The highest BCUT2D eigenvalue weighted by atomic mass is 19.1. The summed E-state index contributed by atoms with van der Waals surface area (Å²) in [6.07, 6.45) is 0. The van der Waals surface area contributed by atoms with Crippen LogP contribution in [0.2, 0.25) is 0 Å². The Balaban J connectivity index is 2.49. The third kappa shape index (κ3) is 3.40. The van der Waals surface area contributed by atoms with Crippen molar-refractivity contribution in [2.45, 2.75) is 0 Å². The van der Waals surface area contributed by atoms with Crippen molar-refractivity contribution in [3.05, 3.63) is 0 Å². The van der Waals surface area contributed by atoms with Gasteiger partial charge in [0.1, 0.15) is 13.3 Å². The zero-order valence-electron chi connectivity index (χ0n) is 3.11. The number of hydrogen-bond donors (Lipinski definition) is 0. The molecule has 0 unspecified atom stereocenters. The summed E-state index contributed by atoms with van der Waals surface area (Å²) in [5.74, 6) is 0. The summed E-state index contributed by atoms with van der Waals surface area (Å²) in [6, 6.07) is 0. The van der Waals surface area contributed by atoms with E-state index in [0.717, 1.165) is 6.47 Å². The highest BCUT2D eigenvalue weighted by molar-refractivity contribution is 5.37. The second kappa shape index (κ2) is 4.40. The molecule has 0 N–H and O–H groups in total. The van der Waals surface area contributed by atoms with Gasteiger partial charge in [0.05, 0.1) is 0 Å². The molecule has 0 aliphatic carbocycles. The maximum Gasteiger partial charge on any atom is 0.417 e. The van der Waals surface area contributed by atoms with Crippen molar-refractivity contribution < 1.29 is 13.9 Å². The monoisotopic (exact) mass is 91.0 g/mol. The van der Waals surface area contributed by atoms with Crippen LogP contribution < -0.4 is 0 Å². The van der Waals surface area contributed by atoms with Crippen molar-refractivity contribution in [1.29, 1.82) is 0 Å². The van der Waals surface area contributed by atoms with E-state index in [1.807, 2.05) is 0 Å². The van der Waals surface area contributed by atoms with Crippen molar-refractivity contribution in [3.8, 4) is 0 Å². The van der Waals surface area contributed by atoms with Gasteiger partial charge < -0.3 is 4.74 Å². The number of halogens is 1. The van der Waals surface area contributed by atoms with E-state index in [2.05, 4.69) is 4.74 Å². The molecule has 0 fully saturated rings. The fraction of sp³-hybridized carbons (Fsp3) is 0.667. The molecule has 6 heavy (non-hydrogen) atoms. The van der Waals surface area contributed by atoms with Crippen LogP contribution in [0.1, 0.15) is 0 Å². The normalized spacial score (nSPS) is 7.50. The Labute approximate surface area is 34.9 Å². The summed E-state index contributed by atoms with van der Waals surface area (Å²) in [5, 5.41) is 0. The van der Waals surface area contributed by atoms with Gasteiger partial charge >= 0.3 is 6.47 Å². The SMILES string of the molecule is O=[C]OCCF. The smallest absolute Gasteiger partial charge is 0.417 e. The average molecular weight is 91.1 g/mol. The molecule has 0 amide bonds. The summed E-state index contributed by atoms with van der Waals surface area (Å²) >= 11 is 0. The lowest BCUT2D eigenvalue weighted by Gasteiger charge is -1.82. The summed E-state index contributed by atoms with van der Waals surface area (Å²) < 4.78 is 14.7.